The molecule has 35 heavy (non-hydrogen) atoms. The molecule has 2 aromatic rings. The van der Waals surface area contributed by atoms with Gasteiger partial charge in [-0.1, -0.05) is 12.1 Å². The second kappa shape index (κ2) is 12.3. The summed E-state index contributed by atoms with van der Waals surface area (Å²) < 4.78 is 5.27. The van der Waals surface area contributed by atoms with Crippen LogP contribution in [0.4, 0.5) is 4.79 Å². The summed E-state index contributed by atoms with van der Waals surface area (Å²) in [6, 6.07) is 9.00. The minimum absolute atomic E-state index is 0.0425. The summed E-state index contributed by atoms with van der Waals surface area (Å²) in [5.74, 6) is -1.40. The Balaban J connectivity index is 2.44. The van der Waals surface area contributed by atoms with Crippen molar-refractivity contribution < 1.29 is 14.3 Å². The number of hydrogen-bond donors (Lipinski definition) is 2. The number of hydrogen-bond acceptors (Lipinski definition) is 7. The van der Waals surface area contributed by atoms with E-state index in [4.69, 9.17) is 15.9 Å². The summed E-state index contributed by atoms with van der Waals surface area (Å²) in [6.45, 7) is 10.2. The van der Waals surface area contributed by atoms with Crippen molar-refractivity contribution in [2.45, 2.75) is 65.5 Å². The smallest absolute Gasteiger partial charge is 0.434 e. The normalized spacial score (nSPS) is 14.9. The first-order valence-electron chi connectivity index (χ1n) is 11.5. The first-order valence-corrected chi connectivity index (χ1v) is 11.5. The summed E-state index contributed by atoms with van der Waals surface area (Å²) >= 11 is 0. The lowest BCUT2D eigenvalue weighted by molar-refractivity contribution is -0.120. The van der Waals surface area contributed by atoms with Crippen LogP contribution in [0.5, 0.6) is 0 Å². The predicted octanol–water partition coefficient (Wildman–Crippen LogP) is 4.78. The molecule has 2 rings (SSSR count). The van der Waals surface area contributed by atoms with E-state index in [1.807, 2.05) is 37.3 Å². The number of carbonyl (C=O) groups excluding carboxylic acids is 2. The van der Waals surface area contributed by atoms with E-state index in [2.05, 4.69) is 15.0 Å². The van der Waals surface area contributed by atoms with Crippen LogP contribution in [0.2, 0.25) is 0 Å². The molecule has 3 N–H and O–H groups in total. The molecule has 0 aliphatic heterocycles. The third-order valence-electron chi connectivity index (χ3n) is 5.16. The van der Waals surface area contributed by atoms with Crippen LogP contribution in [-0.4, -0.2) is 44.9 Å². The van der Waals surface area contributed by atoms with Crippen molar-refractivity contribution in [3.8, 4) is 0 Å². The molecule has 2 aromatic heterocycles. The number of rotatable bonds is 9. The molecule has 3 atom stereocenters. The number of nitrogens with zero attached hydrogens (tertiary/aromatic N) is 3. The Hall–Kier alpha value is -3.52. The minimum Gasteiger partial charge on any atom is -0.442 e. The fourth-order valence-corrected chi connectivity index (χ4v) is 3.54. The second-order valence-corrected chi connectivity index (χ2v) is 9.55. The number of carbonyl (C=O) groups is 2. The number of ketones is 1. The van der Waals surface area contributed by atoms with Gasteiger partial charge in [0, 0.05) is 24.4 Å². The number of aromatic nitrogens is 2. The van der Waals surface area contributed by atoms with Crippen LogP contribution in [0, 0.1) is 11.3 Å². The van der Waals surface area contributed by atoms with Crippen molar-refractivity contribution in [1.29, 1.82) is 5.41 Å². The van der Waals surface area contributed by atoms with Crippen molar-refractivity contribution in [2.75, 3.05) is 0 Å². The van der Waals surface area contributed by atoms with E-state index in [9.17, 15) is 9.59 Å². The molecule has 8 heteroatoms. The molecule has 2 heterocycles. The molecular formula is C27H35N5O3. The van der Waals surface area contributed by atoms with Crippen LogP contribution in [0.3, 0.4) is 0 Å². The van der Waals surface area contributed by atoms with Gasteiger partial charge in [0.1, 0.15) is 11.4 Å². The molecule has 0 saturated heterocycles. The molecule has 0 bridgehead atoms. The number of Topliss-reactive ketones (excluding diaryl/α,β-unsaturated/α-hetero) is 1. The summed E-state index contributed by atoms with van der Waals surface area (Å²) in [4.78, 5) is 37.9. The Bertz CT molecular complexity index is 1100. The number of amides is 1. The molecule has 0 saturated carbocycles. The molecule has 1 amide bonds. The first-order chi connectivity index (χ1) is 16.4. The zero-order chi connectivity index (χ0) is 26.2. The minimum atomic E-state index is -0.779. The molecule has 0 aromatic carbocycles. The van der Waals surface area contributed by atoms with Crippen LogP contribution in [0.15, 0.2) is 53.8 Å². The highest BCUT2D eigenvalue weighted by Crippen LogP contribution is 2.29. The van der Waals surface area contributed by atoms with Gasteiger partial charge >= 0.3 is 6.09 Å². The lowest BCUT2D eigenvalue weighted by Gasteiger charge is -2.26. The van der Waals surface area contributed by atoms with Gasteiger partial charge in [-0.2, -0.15) is 4.99 Å². The third kappa shape index (κ3) is 8.98. The number of ether oxygens (including phenoxy) is 1. The van der Waals surface area contributed by atoms with Crippen molar-refractivity contribution in [1.82, 2.24) is 9.97 Å². The van der Waals surface area contributed by atoms with Crippen LogP contribution in [0.25, 0.3) is 6.08 Å². The molecule has 0 spiro atoms. The standard InChI is InChI=1S/C27H35N5O3/c1-17(28)10-11-21-15-20(12-14-30-21)16-22(19(3)33)24(23-9-7-8-13-31-23)25(29)18(2)32-26(34)35-27(4,5)6/h7-15,17,22,24,29H,16,28H2,1-6H3/b11-10-,29-25?,32-18?. The molecule has 0 aliphatic rings. The van der Waals surface area contributed by atoms with Gasteiger partial charge in [-0.3, -0.25) is 14.8 Å². The fraction of sp³-hybridized carbons (Fsp3) is 0.407. The molecular weight excluding hydrogens is 442 g/mol. The van der Waals surface area contributed by atoms with Gasteiger partial charge in [0.05, 0.1) is 28.7 Å². The maximum absolute atomic E-state index is 12.9. The van der Waals surface area contributed by atoms with Gasteiger partial charge in [-0.15, -0.1) is 0 Å². The monoisotopic (exact) mass is 477 g/mol. The van der Waals surface area contributed by atoms with Crippen molar-refractivity contribution in [3.05, 3.63) is 65.8 Å². The number of aliphatic imine (C=N–C) groups is 1. The number of nitrogens with one attached hydrogen (secondary N) is 1. The molecule has 0 fully saturated rings. The highest BCUT2D eigenvalue weighted by molar-refractivity contribution is 6.43. The predicted molar refractivity (Wildman–Crippen MR) is 139 cm³/mol. The molecule has 0 radical (unpaired) electrons. The lowest BCUT2D eigenvalue weighted by Crippen LogP contribution is -2.33. The quantitative estimate of drug-likeness (QED) is 0.499. The van der Waals surface area contributed by atoms with Gasteiger partial charge in [0.2, 0.25) is 0 Å². The first kappa shape index (κ1) is 27.7. The number of nitrogens with two attached hydrogens (primary N) is 1. The second-order valence-electron chi connectivity index (χ2n) is 9.55. The SMILES string of the molecule is CC(=O)C(Cc1ccnc(/C=C\C(C)N)c1)C(C(=N)C(C)=NC(=O)OC(C)(C)C)c1ccccn1. The lowest BCUT2D eigenvalue weighted by atomic mass is 9.78. The summed E-state index contributed by atoms with van der Waals surface area (Å²) in [5, 5.41) is 8.89. The van der Waals surface area contributed by atoms with E-state index in [1.165, 1.54) is 6.92 Å². The largest absolute Gasteiger partial charge is 0.442 e. The topological polar surface area (TPSA) is 131 Å². The maximum atomic E-state index is 12.9. The highest BCUT2D eigenvalue weighted by atomic mass is 16.6. The van der Waals surface area contributed by atoms with E-state index in [-0.39, 0.29) is 23.2 Å². The van der Waals surface area contributed by atoms with Crippen molar-refractivity contribution >= 4 is 29.4 Å². The van der Waals surface area contributed by atoms with Crippen LogP contribution < -0.4 is 5.73 Å². The van der Waals surface area contributed by atoms with Crippen LogP contribution in [-0.2, 0) is 16.0 Å². The third-order valence-corrected chi connectivity index (χ3v) is 5.16. The average molecular weight is 478 g/mol. The van der Waals surface area contributed by atoms with Crippen LogP contribution in [0.1, 0.15) is 64.4 Å². The van der Waals surface area contributed by atoms with Gasteiger partial charge in [-0.25, -0.2) is 4.79 Å². The Morgan fingerprint density at radius 1 is 1.17 bits per heavy atom. The summed E-state index contributed by atoms with van der Waals surface area (Å²) in [7, 11) is 0. The zero-order valence-electron chi connectivity index (χ0n) is 21.3. The van der Waals surface area contributed by atoms with E-state index in [0.29, 0.717) is 12.1 Å². The van der Waals surface area contributed by atoms with Gasteiger partial charge < -0.3 is 15.9 Å². The van der Waals surface area contributed by atoms with E-state index >= 15 is 0 Å². The van der Waals surface area contributed by atoms with E-state index in [0.717, 1.165) is 11.3 Å². The maximum Gasteiger partial charge on any atom is 0.434 e. The van der Waals surface area contributed by atoms with Crippen molar-refractivity contribution in [2.24, 2.45) is 16.6 Å². The Labute approximate surface area is 207 Å². The van der Waals surface area contributed by atoms with E-state index in [1.54, 1.807) is 52.2 Å². The van der Waals surface area contributed by atoms with Gasteiger partial charge in [0.15, 0.2) is 0 Å². The molecule has 0 aliphatic carbocycles. The Morgan fingerprint density at radius 3 is 2.46 bits per heavy atom. The molecule has 3 unspecified atom stereocenters. The summed E-state index contributed by atoms with van der Waals surface area (Å²) in [5.41, 5.74) is 7.49. The van der Waals surface area contributed by atoms with Gasteiger partial charge in [-0.05, 0) is 83.9 Å². The average Bonchev–Trinajstić information content (AvgIpc) is 2.76. The Morgan fingerprint density at radius 2 is 1.89 bits per heavy atom. The van der Waals surface area contributed by atoms with E-state index < -0.39 is 23.5 Å². The number of pyridine rings is 2. The zero-order valence-corrected chi connectivity index (χ0v) is 21.3. The van der Waals surface area contributed by atoms with Crippen molar-refractivity contribution in [3.63, 3.8) is 0 Å². The summed E-state index contributed by atoms with van der Waals surface area (Å²) in [6.07, 6.45) is 6.57. The molecule has 8 nitrogen and oxygen atoms in total. The molecule has 186 valence electrons. The van der Waals surface area contributed by atoms with Gasteiger partial charge in [0.25, 0.3) is 0 Å². The highest BCUT2D eigenvalue weighted by Gasteiger charge is 2.33. The van der Waals surface area contributed by atoms with Crippen LogP contribution >= 0.6 is 0 Å². The Kier molecular flexibility index (Phi) is 9.71. The fourth-order valence-electron chi connectivity index (χ4n) is 3.54.